The standard InChI is InChI=1S/C40H54ClFN4O6S/c1-27(11-13-35(42)38(46-17-6-7-18-46)40(48)44(3)24-29-9-8-20-51-25-29)28(2)53(49,50)43-39(47)32-12-14-37-36(23-32)45-16-5-4-10-30-21-33(41)22-31(15-19-45)34(30)26-52-37/h12-14,21-23,27-29,38H,4-11,15-20,24-26H2,1-3H3,(H,43,47)/b35-13-/t27-,28+,29?,38+/m0/s1. The smallest absolute Gasteiger partial charge is 0.264 e. The first-order valence-corrected chi connectivity index (χ1v) is 21.1. The number of amides is 2. The molecular formula is C40H54ClFN4O6S. The summed E-state index contributed by atoms with van der Waals surface area (Å²) in [6.45, 7) is 8.16. The number of allylic oxidation sites excluding steroid dienone is 1. The third-order valence-corrected chi connectivity index (χ3v) is 13.6. The number of rotatable bonds is 11. The monoisotopic (exact) mass is 772 g/mol. The number of carbonyl (C=O) groups is 2. The molecule has 4 bridgehead atoms. The second-order valence-electron chi connectivity index (χ2n) is 15.3. The van der Waals surface area contributed by atoms with Gasteiger partial charge in [-0.3, -0.25) is 14.5 Å². The Balaban J connectivity index is 1.12. The maximum absolute atomic E-state index is 16.0. The summed E-state index contributed by atoms with van der Waals surface area (Å²) in [5.41, 5.74) is 4.48. The van der Waals surface area contributed by atoms with Crippen LogP contribution in [0.4, 0.5) is 10.1 Å². The van der Waals surface area contributed by atoms with Crippen molar-refractivity contribution in [1.82, 2.24) is 14.5 Å². The van der Waals surface area contributed by atoms with E-state index in [2.05, 4.69) is 9.62 Å². The van der Waals surface area contributed by atoms with Crippen molar-refractivity contribution in [2.45, 2.75) is 89.5 Å². The van der Waals surface area contributed by atoms with Gasteiger partial charge in [0.05, 0.1) is 17.5 Å². The summed E-state index contributed by atoms with van der Waals surface area (Å²) in [7, 11) is -2.43. The summed E-state index contributed by atoms with van der Waals surface area (Å²) in [6.07, 6.45) is 8.73. The number of halogens is 2. The van der Waals surface area contributed by atoms with Gasteiger partial charge in [0.25, 0.3) is 5.91 Å². The number of nitrogens with zero attached hydrogens (tertiary/aromatic N) is 3. The summed E-state index contributed by atoms with van der Waals surface area (Å²) in [6, 6.07) is 8.04. The van der Waals surface area contributed by atoms with Gasteiger partial charge in [-0.2, -0.15) is 0 Å². The minimum Gasteiger partial charge on any atom is -0.487 e. The molecule has 4 aliphatic heterocycles. The fraction of sp³-hybridized carbons (Fsp3) is 0.600. The quantitative estimate of drug-likeness (QED) is 0.284. The zero-order valence-corrected chi connectivity index (χ0v) is 32.8. The summed E-state index contributed by atoms with van der Waals surface area (Å²) < 4.78 is 57.3. The average molecular weight is 773 g/mol. The molecule has 0 spiro atoms. The Labute approximate surface area is 319 Å². The Morgan fingerprint density at radius 1 is 1.04 bits per heavy atom. The highest BCUT2D eigenvalue weighted by atomic mass is 35.5. The summed E-state index contributed by atoms with van der Waals surface area (Å²) in [5.74, 6) is -1.29. The first-order chi connectivity index (χ1) is 25.4. The number of anilines is 1. The molecule has 1 N–H and O–H groups in total. The number of fused-ring (bicyclic) bond motifs is 4. The summed E-state index contributed by atoms with van der Waals surface area (Å²) >= 11 is 6.48. The van der Waals surface area contributed by atoms with Gasteiger partial charge in [-0.25, -0.2) is 17.5 Å². The highest BCUT2D eigenvalue weighted by molar-refractivity contribution is 7.90. The van der Waals surface area contributed by atoms with Crippen molar-refractivity contribution in [3.8, 4) is 5.75 Å². The van der Waals surface area contributed by atoms with E-state index in [1.165, 1.54) is 18.6 Å². The zero-order chi connectivity index (χ0) is 37.7. The average Bonchev–Trinajstić information content (AvgIpc) is 3.68. The van der Waals surface area contributed by atoms with Gasteiger partial charge in [0, 0.05) is 43.9 Å². The van der Waals surface area contributed by atoms with Crippen LogP contribution >= 0.6 is 11.6 Å². The van der Waals surface area contributed by atoms with Crippen molar-refractivity contribution in [3.63, 3.8) is 0 Å². The van der Waals surface area contributed by atoms with Crippen LogP contribution in [-0.4, -0.2) is 94.3 Å². The predicted molar refractivity (Wildman–Crippen MR) is 206 cm³/mol. The van der Waals surface area contributed by atoms with Gasteiger partial charge in [0.2, 0.25) is 15.9 Å². The van der Waals surface area contributed by atoms with E-state index in [0.29, 0.717) is 45.1 Å². The number of benzene rings is 2. The third-order valence-electron chi connectivity index (χ3n) is 11.5. The highest BCUT2D eigenvalue weighted by Crippen LogP contribution is 2.35. The van der Waals surface area contributed by atoms with Crippen molar-refractivity contribution in [2.24, 2.45) is 11.8 Å². The molecule has 0 aliphatic carbocycles. The van der Waals surface area contributed by atoms with E-state index in [1.54, 1.807) is 37.1 Å². The van der Waals surface area contributed by atoms with Crippen molar-refractivity contribution < 1.29 is 31.9 Å². The third kappa shape index (κ3) is 9.55. The van der Waals surface area contributed by atoms with E-state index in [9.17, 15) is 18.0 Å². The van der Waals surface area contributed by atoms with E-state index < -0.39 is 39.0 Å². The van der Waals surface area contributed by atoms with E-state index in [-0.39, 0.29) is 23.8 Å². The van der Waals surface area contributed by atoms with Crippen molar-refractivity contribution in [1.29, 1.82) is 0 Å². The molecule has 2 aromatic rings. The molecule has 0 saturated carbocycles. The Morgan fingerprint density at radius 2 is 1.77 bits per heavy atom. The number of sulfonamides is 1. The topological polar surface area (TPSA) is 108 Å². The van der Waals surface area contributed by atoms with Crippen molar-refractivity contribution in [3.05, 3.63) is 69.5 Å². The van der Waals surface area contributed by atoms with Gasteiger partial charge in [0.1, 0.15) is 24.2 Å². The molecule has 13 heteroatoms. The zero-order valence-electron chi connectivity index (χ0n) is 31.2. The lowest BCUT2D eigenvalue weighted by molar-refractivity contribution is -0.135. The molecule has 53 heavy (non-hydrogen) atoms. The number of aryl methyl sites for hydroxylation is 1. The maximum atomic E-state index is 16.0. The molecule has 4 heterocycles. The minimum atomic E-state index is -4.14. The number of ether oxygens (including phenoxy) is 2. The van der Waals surface area contributed by atoms with Crippen LogP contribution in [0.5, 0.6) is 5.75 Å². The van der Waals surface area contributed by atoms with E-state index >= 15 is 4.39 Å². The van der Waals surface area contributed by atoms with Gasteiger partial charge in [-0.15, -0.1) is 0 Å². The lowest BCUT2D eigenvalue weighted by Gasteiger charge is -2.32. The molecule has 0 aromatic heterocycles. The van der Waals surface area contributed by atoms with Crippen LogP contribution in [0.1, 0.15) is 85.8 Å². The molecule has 290 valence electrons. The van der Waals surface area contributed by atoms with Crippen LogP contribution in [0.2, 0.25) is 5.02 Å². The number of carbonyl (C=O) groups excluding carboxylic acids is 2. The normalized spacial score (nSPS) is 21.4. The summed E-state index contributed by atoms with van der Waals surface area (Å²) in [5, 5.41) is -0.294. The van der Waals surface area contributed by atoms with Gasteiger partial charge in [-0.05, 0) is 137 Å². The van der Waals surface area contributed by atoms with Crippen LogP contribution in [0, 0.1) is 11.8 Å². The van der Waals surface area contributed by atoms with Crippen LogP contribution in [0.25, 0.3) is 0 Å². The lowest BCUT2D eigenvalue weighted by atomic mass is 9.94. The largest absolute Gasteiger partial charge is 0.487 e. The van der Waals surface area contributed by atoms with E-state index in [4.69, 9.17) is 21.1 Å². The van der Waals surface area contributed by atoms with E-state index in [0.717, 1.165) is 86.4 Å². The maximum Gasteiger partial charge on any atom is 0.264 e. The van der Waals surface area contributed by atoms with E-state index in [1.807, 2.05) is 17.0 Å². The molecular weight excluding hydrogens is 719 g/mol. The molecule has 10 nitrogen and oxygen atoms in total. The van der Waals surface area contributed by atoms with Crippen molar-refractivity contribution in [2.75, 3.05) is 57.9 Å². The first kappa shape index (κ1) is 39.5. The van der Waals surface area contributed by atoms with Crippen LogP contribution < -0.4 is 14.4 Å². The fourth-order valence-corrected chi connectivity index (χ4v) is 9.61. The van der Waals surface area contributed by atoms with Gasteiger partial charge < -0.3 is 19.3 Å². The molecule has 4 atom stereocenters. The van der Waals surface area contributed by atoms with Crippen LogP contribution in [-0.2, 0) is 39.0 Å². The molecule has 2 saturated heterocycles. The minimum absolute atomic E-state index is 0.0837. The molecule has 2 fully saturated rings. The SMILES string of the molecule is C[C@H]([C@@H](C)C/C=C(\F)[C@H](C(=O)N(C)CC1CCCOC1)N1CCCC1)S(=O)(=O)NC(=O)c1ccc2c(c1)N1CCCCc3cc(Cl)cc(c3CO2)CC1. The predicted octanol–water partition coefficient (Wildman–Crippen LogP) is 6.29. The second kappa shape index (κ2) is 17.5. The number of likely N-dealkylation sites (N-methyl/N-ethyl adjacent to an activating group) is 1. The first-order valence-electron chi connectivity index (χ1n) is 19.2. The lowest BCUT2D eigenvalue weighted by Crippen LogP contribution is -2.48. The molecule has 2 amide bonds. The second-order valence-corrected chi connectivity index (χ2v) is 17.8. The highest BCUT2D eigenvalue weighted by Gasteiger charge is 2.36. The number of hydrogen-bond acceptors (Lipinski definition) is 8. The molecule has 2 aromatic carbocycles. The van der Waals surface area contributed by atoms with Gasteiger partial charge in [0.15, 0.2) is 0 Å². The molecule has 0 radical (unpaired) electrons. The number of nitrogens with one attached hydrogen (secondary N) is 1. The van der Waals surface area contributed by atoms with Gasteiger partial charge in [-0.1, -0.05) is 24.6 Å². The molecule has 1 unspecified atom stereocenters. The van der Waals surface area contributed by atoms with Gasteiger partial charge >= 0.3 is 0 Å². The number of hydrogen-bond donors (Lipinski definition) is 1. The van der Waals surface area contributed by atoms with Crippen LogP contribution in [0.15, 0.2) is 42.2 Å². The summed E-state index contributed by atoms with van der Waals surface area (Å²) in [4.78, 5) is 32.8. The Bertz CT molecular complexity index is 1780. The number of likely N-dealkylation sites (tertiary alicyclic amines) is 1. The Kier molecular flexibility index (Phi) is 13.1. The molecule has 4 aliphatic rings. The Hall–Kier alpha value is -3.19. The molecule has 6 rings (SSSR count). The van der Waals surface area contributed by atoms with Crippen molar-refractivity contribution >= 4 is 39.1 Å². The fourth-order valence-electron chi connectivity index (χ4n) is 8.06. The van der Waals surface area contributed by atoms with Crippen LogP contribution in [0.3, 0.4) is 0 Å². The Morgan fingerprint density at radius 3 is 2.51 bits per heavy atom.